The third-order valence-corrected chi connectivity index (χ3v) is 2.45. The Morgan fingerprint density at radius 2 is 2.33 bits per heavy atom. The minimum atomic E-state index is 1.11. The Kier molecular flexibility index (Phi) is 1.75. The van der Waals surface area contributed by atoms with Gasteiger partial charge in [-0.05, 0) is 31.4 Å². The average Bonchev–Trinajstić information content (AvgIpc) is 2.07. The van der Waals surface area contributed by atoms with Gasteiger partial charge in [-0.2, -0.15) is 0 Å². The van der Waals surface area contributed by atoms with Gasteiger partial charge in [-0.3, -0.25) is 4.98 Å². The summed E-state index contributed by atoms with van der Waals surface area (Å²) in [5.74, 6) is 0. The van der Waals surface area contributed by atoms with Crippen LogP contribution in [0.2, 0.25) is 0 Å². The van der Waals surface area contributed by atoms with E-state index < -0.39 is 0 Å². The summed E-state index contributed by atoms with van der Waals surface area (Å²) in [5.41, 5.74) is 3.88. The molecule has 12 heavy (non-hydrogen) atoms. The van der Waals surface area contributed by atoms with Crippen LogP contribution in [0, 0.1) is 6.92 Å². The molecule has 0 radical (unpaired) electrons. The summed E-state index contributed by atoms with van der Waals surface area (Å²) in [5, 5.41) is 0. The van der Waals surface area contributed by atoms with E-state index >= 15 is 0 Å². The first-order valence-corrected chi connectivity index (χ1v) is 4.44. The highest BCUT2D eigenvalue weighted by Crippen LogP contribution is 2.25. The van der Waals surface area contributed by atoms with Gasteiger partial charge in [0.05, 0.1) is 0 Å². The van der Waals surface area contributed by atoms with Crippen molar-refractivity contribution in [3.63, 3.8) is 0 Å². The maximum Gasteiger partial charge on any atom is 0.0429 e. The molecule has 2 nitrogen and oxygen atoms in total. The molecule has 2 heterocycles. The Bertz CT molecular complexity index is 294. The number of pyridine rings is 1. The van der Waals surface area contributed by atoms with Crippen LogP contribution in [0.4, 0.5) is 5.69 Å². The van der Waals surface area contributed by atoms with Gasteiger partial charge in [-0.25, -0.2) is 0 Å². The minimum Gasteiger partial charge on any atom is -0.374 e. The Morgan fingerprint density at radius 3 is 3.17 bits per heavy atom. The maximum absolute atomic E-state index is 4.30. The van der Waals surface area contributed by atoms with Gasteiger partial charge in [0.2, 0.25) is 0 Å². The first-order valence-electron chi connectivity index (χ1n) is 4.44. The molecular formula is C10H14N2. The van der Waals surface area contributed by atoms with Crippen molar-refractivity contribution in [2.24, 2.45) is 0 Å². The van der Waals surface area contributed by atoms with Gasteiger partial charge in [-0.15, -0.1) is 0 Å². The molecule has 0 fully saturated rings. The van der Waals surface area contributed by atoms with Gasteiger partial charge in [0.15, 0.2) is 0 Å². The number of aryl methyl sites for hydroxylation is 2. The fourth-order valence-electron chi connectivity index (χ4n) is 1.75. The van der Waals surface area contributed by atoms with Gasteiger partial charge >= 0.3 is 0 Å². The highest BCUT2D eigenvalue weighted by molar-refractivity contribution is 5.54. The molecule has 0 saturated heterocycles. The summed E-state index contributed by atoms with van der Waals surface area (Å²) >= 11 is 0. The lowest BCUT2D eigenvalue weighted by atomic mass is 10.0. The monoisotopic (exact) mass is 162 g/mol. The zero-order valence-corrected chi connectivity index (χ0v) is 7.67. The van der Waals surface area contributed by atoms with Crippen molar-refractivity contribution < 1.29 is 0 Å². The Balaban J connectivity index is 2.47. The van der Waals surface area contributed by atoms with E-state index in [1.165, 1.54) is 30.6 Å². The first-order chi connectivity index (χ1) is 5.77. The first kappa shape index (κ1) is 7.59. The van der Waals surface area contributed by atoms with Gasteiger partial charge in [0.25, 0.3) is 0 Å². The van der Waals surface area contributed by atoms with Gasteiger partial charge in [-0.1, -0.05) is 0 Å². The number of aromatic nitrogens is 1. The Hall–Kier alpha value is -1.05. The summed E-state index contributed by atoms with van der Waals surface area (Å²) in [6.07, 6.45) is 4.46. The summed E-state index contributed by atoms with van der Waals surface area (Å²) in [6.45, 7) is 3.22. The van der Waals surface area contributed by atoms with Crippen LogP contribution >= 0.6 is 0 Å². The van der Waals surface area contributed by atoms with Crippen molar-refractivity contribution in [2.45, 2.75) is 19.8 Å². The highest BCUT2D eigenvalue weighted by Gasteiger charge is 2.13. The van der Waals surface area contributed by atoms with E-state index in [4.69, 9.17) is 0 Å². The number of anilines is 1. The third-order valence-electron chi connectivity index (χ3n) is 2.45. The number of hydrogen-bond acceptors (Lipinski definition) is 2. The van der Waals surface area contributed by atoms with Crippen molar-refractivity contribution in [1.29, 1.82) is 0 Å². The number of rotatable bonds is 0. The van der Waals surface area contributed by atoms with Crippen LogP contribution < -0.4 is 4.90 Å². The summed E-state index contributed by atoms with van der Waals surface area (Å²) in [4.78, 5) is 6.61. The number of hydrogen-bond donors (Lipinski definition) is 0. The molecule has 0 amide bonds. The molecule has 1 aliphatic heterocycles. The van der Waals surface area contributed by atoms with Crippen LogP contribution in [0.15, 0.2) is 12.3 Å². The SMILES string of the molecule is Cc1cc2c(cn1)CCCN2C. The largest absolute Gasteiger partial charge is 0.374 e. The van der Waals surface area contributed by atoms with Gasteiger partial charge < -0.3 is 4.90 Å². The van der Waals surface area contributed by atoms with Crippen LogP contribution in [-0.4, -0.2) is 18.6 Å². The number of fused-ring (bicyclic) bond motifs is 1. The molecule has 0 bridgehead atoms. The minimum absolute atomic E-state index is 1.11. The molecule has 2 heteroatoms. The molecule has 64 valence electrons. The molecule has 0 aromatic carbocycles. The van der Waals surface area contributed by atoms with Crippen LogP contribution in [0.3, 0.4) is 0 Å². The van der Waals surface area contributed by atoms with Crippen molar-refractivity contribution in [1.82, 2.24) is 4.98 Å². The third kappa shape index (κ3) is 1.17. The van der Waals surface area contributed by atoms with Crippen molar-refractivity contribution in [2.75, 3.05) is 18.5 Å². The topological polar surface area (TPSA) is 16.1 Å². The fourth-order valence-corrected chi connectivity index (χ4v) is 1.75. The molecular weight excluding hydrogens is 148 g/mol. The predicted molar refractivity (Wildman–Crippen MR) is 50.6 cm³/mol. The fraction of sp³-hybridized carbons (Fsp3) is 0.500. The number of nitrogens with zero attached hydrogens (tertiary/aromatic N) is 2. The molecule has 2 rings (SSSR count). The van der Waals surface area contributed by atoms with Gasteiger partial charge in [0, 0.05) is 31.2 Å². The maximum atomic E-state index is 4.30. The predicted octanol–water partition coefficient (Wildman–Crippen LogP) is 1.77. The van der Waals surface area contributed by atoms with Crippen LogP contribution in [0.5, 0.6) is 0 Å². The van der Waals surface area contributed by atoms with E-state index in [-0.39, 0.29) is 0 Å². The van der Waals surface area contributed by atoms with E-state index in [1.807, 2.05) is 13.1 Å². The lowest BCUT2D eigenvalue weighted by Crippen LogP contribution is -2.24. The lowest BCUT2D eigenvalue weighted by Gasteiger charge is -2.27. The molecule has 1 aromatic rings. The van der Waals surface area contributed by atoms with Gasteiger partial charge in [0.1, 0.15) is 0 Å². The highest BCUT2D eigenvalue weighted by atomic mass is 15.1. The second-order valence-corrected chi connectivity index (χ2v) is 3.48. The van der Waals surface area contributed by atoms with Crippen LogP contribution in [0.1, 0.15) is 17.7 Å². The second kappa shape index (κ2) is 2.77. The van der Waals surface area contributed by atoms with E-state index in [9.17, 15) is 0 Å². The van der Waals surface area contributed by atoms with Crippen LogP contribution in [0.25, 0.3) is 0 Å². The molecule has 0 atom stereocenters. The zero-order valence-electron chi connectivity index (χ0n) is 7.67. The molecule has 1 aliphatic rings. The van der Waals surface area contributed by atoms with E-state index in [0.29, 0.717) is 0 Å². The van der Waals surface area contributed by atoms with Crippen molar-refractivity contribution in [3.05, 3.63) is 23.5 Å². The van der Waals surface area contributed by atoms with Crippen molar-refractivity contribution in [3.8, 4) is 0 Å². The molecule has 0 spiro atoms. The zero-order chi connectivity index (χ0) is 8.55. The van der Waals surface area contributed by atoms with E-state index in [0.717, 1.165) is 5.69 Å². The summed E-state index contributed by atoms with van der Waals surface area (Å²) < 4.78 is 0. The van der Waals surface area contributed by atoms with Crippen LogP contribution in [-0.2, 0) is 6.42 Å². The Morgan fingerprint density at radius 1 is 1.50 bits per heavy atom. The van der Waals surface area contributed by atoms with Crippen molar-refractivity contribution >= 4 is 5.69 Å². The standard InChI is InChI=1S/C10H14N2/c1-8-6-10-9(7-11-8)4-3-5-12(10)2/h6-7H,3-5H2,1-2H3. The molecule has 0 unspecified atom stereocenters. The van der Waals surface area contributed by atoms with E-state index in [2.05, 4.69) is 23.0 Å². The molecule has 0 saturated carbocycles. The molecule has 0 N–H and O–H groups in total. The molecule has 0 aliphatic carbocycles. The average molecular weight is 162 g/mol. The second-order valence-electron chi connectivity index (χ2n) is 3.48. The molecule has 1 aromatic heterocycles. The van der Waals surface area contributed by atoms with E-state index in [1.54, 1.807) is 0 Å². The lowest BCUT2D eigenvalue weighted by molar-refractivity contribution is 0.739. The quantitative estimate of drug-likeness (QED) is 0.578. The Labute approximate surface area is 73.2 Å². The summed E-state index contributed by atoms with van der Waals surface area (Å²) in [7, 11) is 2.15. The smallest absolute Gasteiger partial charge is 0.0429 e. The summed E-state index contributed by atoms with van der Waals surface area (Å²) in [6, 6.07) is 2.18. The normalized spacial score (nSPS) is 16.0.